The quantitative estimate of drug-likeness (QED) is 0.837. The first-order valence-electron chi connectivity index (χ1n) is 6.24. The van der Waals surface area contributed by atoms with E-state index in [9.17, 15) is 18.4 Å². The van der Waals surface area contributed by atoms with Gasteiger partial charge in [-0.05, 0) is 36.4 Å². The van der Waals surface area contributed by atoms with E-state index in [1.54, 1.807) is 0 Å². The molecule has 1 N–H and O–H groups in total. The average molecular weight is 360 g/mol. The smallest absolute Gasteiger partial charge is 0.340 e. The summed E-state index contributed by atoms with van der Waals surface area (Å²) in [5.41, 5.74) is -0.186. The maximum absolute atomic E-state index is 13.5. The summed E-state index contributed by atoms with van der Waals surface area (Å²) in [6, 6.07) is 6.81. The summed E-state index contributed by atoms with van der Waals surface area (Å²) in [6.07, 6.45) is 0. The van der Waals surface area contributed by atoms with Gasteiger partial charge in [0, 0.05) is 5.02 Å². The molecule has 120 valence electrons. The number of hydrogen-bond donors (Lipinski definition) is 1. The van der Waals surface area contributed by atoms with Crippen molar-refractivity contribution in [1.29, 1.82) is 0 Å². The second-order valence-electron chi connectivity index (χ2n) is 4.37. The number of hydrogen-bond acceptors (Lipinski definition) is 3. The Bertz CT molecular complexity index is 768. The number of benzene rings is 2. The Balaban J connectivity index is 1.94. The summed E-state index contributed by atoms with van der Waals surface area (Å²) in [5.74, 6) is -2.99. The van der Waals surface area contributed by atoms with Gasteiger partial charge in [0.25, 0.3) is 5.91 Å². The molecule has 8 heteroatoms. The first kappa shape index (κ1) is 17.2. The molecule has 23 heavy (non-hydrogen) atoms. The maximum Gasteiger partial charge on any atom is 0.340 e. The molecule has 1 amide bonds. The molecule has 0 aromatic heterocycles. The lowest BCUT2D eigenvalue weighted by Crippen LogP contribution is -2.21. The van der Waals surface area contributed by atoms with Crippen molar-refractivity contribution < 1.29 is 23.1 Å². The fourth-order valence-electron chi connectivity index (χ4n) is 1.64. The van der Waals surface area contributed by atoms with Gasteiger partial charge >= 0.3 is 5.97 Å². The van der Waals surface area contributed by atoms with Crippen LogP contribution in [0.2, 0.25) is 10.0 Å². The van der Waals surface area contributed by atoms with Gasteiger partial charge in [-0.25, -0.2) is 13.6 Å². The van der Waals surface area contributed by atoms with Crippen molar-refractivity contribution in [2.24, 2.45) is 0 Å². The monoisotopic (exact) mass is 359 g/mol. The van der Waals surface area contributed by atoms with Gasteiger partial charge in [-0.2, -0.15) is 0 Å². The minimum absolute atomic E-state index is 0.0847. The Labute approximate surface area is 140 Å². The zero-order chi connectivity index (χ0) is 17.0. The van der Waals surface area contributed by atoms with Crippen LogP contribution >= 0.6 is 23.2 Å². The molecule has 0 spiro atoms. The number of nitrogens with one attached hydrogen (secondary N) is 1. The molecule has 0 unspecified atom stereocenters. The van der Waals surface area contributed by atoms with Crippen LogP contribution in [0.25, 0.3) is 0 Å². The number of amides is 1. The zero-order valence-electron chi connectivity index (χ0n) is 11.4. The van der Waals surface area contributed by atoms with Crippen LogP contribution in [-0.4, -0.2) is 18.5 Å². The molecule has 2 aromatic carbocycles. The Hall–Kier alpha value is -2.18. The van der Waals surface area contributed by atoms with Gasteiger partial charge in [-0.3, -0.25) is 4.79 Å². The van der Waals surface area contributed by atoms with Crippen LogP contribution in [0.3, 0.4) is 0 Å². The third-order valence-corrected chi connectivity index (χ3v) is 3.24. The van der Waals surface area contributed by atoms with Crippen LogP contribution in [0.1, 0.15) is 10.4 Å². The van der Waals surface area contributed by atoms with Crippen LogP contribution in [-0.2, 0) is 9.53 Å². The van der Waals surface area contributed by atoms with E-state index in [2.05, 4.69) is 5.32 Å². The van der Waals surface area contributed by atoms with Crippen LogP contribution in [0.4, 0.5) is 14.5 Å². The number of ether oxygens (including phenoxy) is 1. The van der Waals surface area contributed by atoms with Crippen molar-refractivity contribution in [2.45, 2.75) is 0 Å². The Morgan fingerprint density at radius 3 is 2.48 bits per heavy atom. The van der Waals surface area contributed by atoms with E-state index in [0.29, 0.717) is 0 Å². The first-order chi connectivity index (χ1) is 10.9. The molecule has 0 bridgehead atoms. The van der Waals surface area contributed by atoms with Gasteiger partial charge in [0.15, 0.2) is 6.61 Å². The lowest BCUT2D eigenvalue weighted by atomic mass is 10.2. The summed E-state index contributed by atoms with van der Waals surface area (Å²) >= 11 is 11.3. The van der Waals surface area contributed by atoms with E-state index in [-0.39, 0.29) is 21.3 Å². The molecular formula is C15H9Cl2F2NO3. The van der Waals surface area contributed by atoms with Crippen LogP contribution in [0.15, 0.2) is 36.4 Å². The van der Waals surface area contributed by atoms with Gasteiger partial charge < -0.3 is 10.1 Å². The van der Waals surface area contributed by atoms with Crippen molar-refractivity contribution in [1.82, 2.24) is 0 Å². The fraction of sp³-hybridized carbons (Fsp3) is 0.0667. The van der Waals surface area contributed by atoms with E-state index in [4.69, 9.17) is 27.9 Å². The van der Waals surface area contributed by atoms with Crippen LogP contribution in [0, 0.1) is 11.6 Å². The largest absolute Gasteiger partial charge is 0.452 e. The van der Waals surface area contributed by atoms with Crippen molar-refractivity contribution in [2.75, 3.05) is 11.9 Å². The molecule has 0 aliphatic rings. The molecule has 0 radical (unpaired) electrons. The Kier molecular flexibility index (Phi) is 5.52. The number of carbonyl (C=O) groups excluding carboxylic acids is 2. The highest BCUT2D eigenvalue weighted by Crippen LogP contribution is 2.20. The third-order valence-electron chi connectivity index (χ3n) is 2.69. The molecule has 0 aliphatic heterocycles. The van der Waals surface area contributed by atoms with Gasteiger partial charge in [0.2, 0.25) is 0 Å². The van der Waals surface area contributed by atoms with Crippen LogP contribution in [0.5, 0.6) is 0 Å². The van der Waals surface area contributed by atoms with Crippen molar-refractivity contribution in [3.05, 3.63) is 63.6 Å². The lowest BCUT2D eigenvalue weighted by Gasteiger charge is -2.08. The molecule has 4 nitrogen and oxygen atoms in total. The molecular weight excluding hydrogens is 351 g/mol. The number of rotatable bonds is 4. The molecule has 0 fully saturated rings. The Morgan fingerprint density at radius 2 is 1.83 bits per heavy atom. The topological polar surface area (TPSA) is 55.4 Å². The second kappa shape index (κ2) is 7.39. The molecule has 0 atom stereocenters. The standard InChI is InChI=1S/C15H9Cl2F2NO3/c16-8-1-4-13(12(19)5-8)20-14(21)7-23-15(22)10-3-2-9(18)6-11(10)17/h1-6H,7H2,(H,20,21). The number of carbonyl (C=O) groups is 2. The van der Waals surface area contributed by atoms with E-state index >= 15 is 0 Å². The Morgan fingerprint density at radius 1 is 1.09 bits per heavy atom. The third kappa shape index (κ3) is 4.64. The second-order valence-corrected chi connectivity index (χ2v) is 5.22. The van der Waals surface area contributed by atoms with Gasteiger partial charge in [0.1, 0.15) is 11.6 Å². The lowest BCUT2D eigenvalue weighted by molar-refractivity contribution is -0.119. The number of esters is 1. The summed E-state index contributed by atoms with van der Waals surface area (Å²) in [6.45, 7) is -0.658. The summed E-state index contributed by atoms with van der Waals surface area (Å²) in [7, 11) is 0. The number of anilines is 1. The van der Waals surface area contributed by atoms with E-state index in [1.807, 2.05) is 0 Å². The highest BCUT2D eigenvalue weighted by atomic mass is 35.5. The SMILES string of the molecule is O=C(COC(=O)c1ccc(F)cc1Cl)Nc1ccc(Cl)cc1F. The molecule has 2 rings (SSSR count). The van der Waals surface area contributed by atoms with Crippen molar-refractivity contribution in [3.63, 3.8) is 0 Å². The molecule has 0 saturated heterocycles. The maximum atomic E-state index is 13.5. The van der Waals surface area contributed by atoms with E-state index in [0.717, 1.165) is 24.3 Å². The molecule has 0 aliphatic carbocycles. The fourth-order valence-corrected chi connectivity index (χ4v) is 2.04. The van der Waals surface area contributed by atoms with E-state index in [1.165, 1.54) is 12.1 Å². The average Bonchev–Trinajstić information content (AvgIpc) is 2.48. The van der Waals surface area contributed by atoms with Crippen molar-refractivity contribution >= 4 is 40.8 Å². The van der Waals surface area contributed by atoms with Crippen molar-refractivity contribution in [3.8, 4) is 0 Å². The normalized spacial score (nSPS) is 10.3. The highest BCUT2D eigenvalue weighted by molar-refractivity contribution is 6.33. The first-order valence-corrected chi connectivity index (χ1v) is 6.99. The van der Waals surface area contributed by atoms with Gasteiger partial charge in [-0.1, -0.05) is 23.2 Å². The minimum atomic E-state index is -0.901. The van der Waals surface area contributed by atoms with Gasteiger partial charge in [0.05, 0.1) is 16.3 Å². The van der Waals surface area contributed by atoms with Gasteiger partial charge in [-0.15, -0.1) is 0 Å². The molecule has 0 saturated carbocycles. The zero-order valence-corrected chi connectivity index (χ0v) is 12.9. The molecule has 0 heterocycles. The predicted molar refractivity (Wildman–Crippen MR) is 81.7 cm³/mol. The molecule has 2 aromatic rings. The number of halogens is 4. The predicted octanol–water partition coefficient (Wildman–Crippen LogP) is 4.07. The van der Waals surface area contributed by atoms with Crippen LogP contribution < -0.4 is 5.32 Å². The summed E-state index contributed by atoms with van der Waals surface area (Å²) in [4.78, 5) is 23.4. The highest BCUT2D eigenvalue weighted by Gasteiger charge is 2.15. The summed E-state index contributed by atoms with van der Waals surface area (Å²) < 4.78 is 31.1. The summed E-state index contributed by atoms with van der Waals surface area (Å²) in [5, 5.41) is 2.26. The van der Waals surface area contributed by atoms with E-state index < -0.39 is 30.1 Å². The minimum Gasteiger partial charge on any atom is -0.452 e.